The molecule has 2 atom stereocenters. The third-order valence-corrected chi connectivity index (χ3v) is 7.10. The molecule has 1 aliphatic heterocycles. The Morgan fingerprint density at radius 3 is 2.86 bits per heavy atom. The summed E-state index contributed by atoms with van der Waals surface area (Å²) in [5, 5.41) is 14.3. The predicted octanol–water partition coefficient (Wildman–Crippen LogP) is 3.41. The van der Waals surface area contributed by atoms with Crippen molar-refractivity contribution in [3.05, 3.63) is 53.4 Å². The predicted molar refractivity (Wildman–Crippen MR) is 118 cm³/mol. The van der Waals surface area contributed by atoms with Gasteiger partial charge in [0.15, 0.2) is 11.0 Å². The van der Waals surface area contributed by atoms with Crippen LogP contribution in [0.25, 0.3) is 10.7 Å². The van der Waals surface area contributed by atoms with E-state index in [0.29, 0.717) is 0 Å². The number of aromatic nitrogens is 3. The second-order valence-corrected chi connectivity index (χ2v) is 9.57. The quantitative estimate of drug-likeness (QED) is 0.586. The summed E-state index contributed by atoms with van der Waals surface area (Å²) in [6, 6.07) is 14.7. The highest BCUT2D eigenvalue weighted by Gasteiger charge is 2.26. The number of nitrogens with zero attached hydrogens (tertiary/aromatic N) is 4. The average molecular weight is 428 g/mol. The first kappa shape index (κ1) is 20.1. The molecule has 29 heavy (non-hydrogen) atoms. The number of rotatable bonds is 7. The zero-order chi connectivity index (χ0) is 20.2. The highest BCUT2D eigenvalue weighted by atomic mass is 32.2. The molecule has 2 unspecified atom stereocenters. The minimum absolute atomic E-state index is 0.0576. The van der Waals surface area contributed by atoms with Gasteiger partial charge in [-0.15, -0.1) is 21.5 Å². The maximum atomic E-state index is 12.7. The fourth-order valence-corrected chi connectivity index (χ4v) is 5.07. The highest BCUT2D eigenvalue weighted by Crippen LogP contribution is 2.28. The van der Waals surface area contributed by atoms with Crippen molar-refractivity contribution in [2.45, 2.75) is 36.3 Å². The van der Waals surface area contributed by atoms with E-state index in [9.17, 15) is 4.79 Å². The van der Waals surface area contributed by atoms with Crippen LogP contribution in [0.5, 0.6) is 0 Å². The molecule has 3 aromatic rings. The largest absolute Gasteiger partial charge is 0.351 e. The summed E-state index contributed by atoms with van der Waals surface area (Å²) in [5.74, 6) is 0.893. The number of hydrogen-bond donors (Lipinski definition) is 1. The summed E-state index contributed by atoms with van der Waals surface area (Å²) in [6.45, 7) is 4.76. The molecule has 1 aromatic carbocycles. The van der Waals surface area contributed by atoms with Gasteiger partial charge in [0.05, 0.1) is 10.1 Å². The number of hydrogen-bond acceptors (Lipinski definition) is 6. The van der Waals surface area contributed by atoms with Crippen LogP contribution in [0.4, 0.5) is 0 Å². The lowest BCUT2D eigenvalue weighted by atomic mass is 10.2. The summed E-state index contributed by atoms with van der Waals surface area (Å²) in [7, 11) is 1.94. The smallest absolute Gasteiger partial charge is 0.233 e. The van der Waals surface area contributed by atoms with Crippen LogP contribution in [0.2, 0.25) is 0 Å². The highest BCUT2D eigenvalue weighted by molar-refractivity contribution is 8.00. The molecule has 3 heterocycles. The van der Waals surface area contributed by atoms with Crippen molar-refractivity contribution in [1.82, 2.24) is 25.0 Å². The molecule has 1 fully saturated rings. The number of carbonyl (C=O) groups is 1. The lowest BCUT2D eigenvalue weighted by molar-refractivity contribution is -0.120. The molecule has 1 N–H and O–H groups in total. The molecule has 0 aliphatic carbocycles. The van der Waals surface area contributed by atoms with Gasteiger partial charge in [-0.25, -0.2) is 0 Å². The van der Waals surface area contributed by atoms with Crippen molar-refractivity contribution >= 4 is 29.0 Å². The lowest BCUT2D eigenvalue weighted by Crippen LogP contribution is -2.40. The van der Waals surface area contributed by atoms with Gasteiger partial charge in [-0.05, 0) is 30.4 Å². The Labute approximate surface area is 179 Å². The molecule has 152 valence electrons. The van der Waals surface area contributed by atoms with Crippen LogP contribution in [-0.2, 0) is 18.4 Å². The van der Waals surface area contributed by atoms with E-state index < -0.39 is 0 Å². The normalized spacial score (nSPS) is 18.1. The van der Waals surface area contributed by atoms with E-state index in [-0.39, 0.29) is 17.2 Å². The average Bonchev–Trinajstić information content (AvgIpc) is 3.46. The molecule has 0 radical (unpaired) electrons. The van der Waals surface area contributed by atoms with Gasteiger partial charge in [0.1, 0.15) is 0 Å². The number of amides is 1. The zero-order valence-electron chi connectivity index (χ0n) is 16.6. The van der Waals surface area contributed by atoms with E-state index in [4.69, 9.17) is 0 Å². The first-order valence-electron chi connectivity index (χ1n) is 9.76. The number of nitrogens with one attached hydrogen (secondary N) is 1. The molecule has 6 nitrogen and oxygen atoms in total. The number of benzene rings is 1. The second-order valence-electron chi connectivity index (χ2n) is 7.32. The van der Waals surface area contributed by atoms with E-state index in [2.05, 4.69) is 44.7 Å². The molecule has 8 heteroatoms. The third kappa shape index (κ3) is 4.88. The van der Waals surface area contributed by atoms with Gasteiger partial charge < -0.3 is 9.88 Å². The Balaban J connectivity index is 1.29. The van der Waals surface area contributed by atoms with E-state index in [1.54, 1.807) is 11.3 Å². The number of carbonyl (C=O) groups excluding carboxylic acids is 1. The molecule has 1 amide bonds. The van der Waals surface area contributed by atoms with Crippen LogP contribution in [0, 0.1) is 0 Å². The summed E-state index contributed by atoms with van der Waals surface area (Å²) in [6.07, 6.45) is 0.989. The van der Waals surface area contributed by atoms with Gasteiger partial charge in [0.2, 0.25) is 5.91 Å². The number of likely N-dealkylation sites (tertiary alicyclic amines) is 1. The zero-order valence-corrected chi connectivity index (χ0v) is 18.2. The minimum Gasteiger partial charge on any atom is -0.351 e. The van der Waals surface area contributed by atoms with Crippen molar-refractivity contribution in [2.75, 3.05) is 13.1 Å². The molecular weight excluding hydrogens is 402 g/mol. The van der Waals surface area contributed by atoms with E-state index in [1.165, 1.54) is 17.3 Å². The van der Waals surface area contributed by atoms with Crippen molar-refractivity contribution in [3.63, 3.8) is 0 Å². The lowest BCUT2D eigenvalue weighted by Gasteiger charge is -2.18. The topological polar surface area (TPSA) is 63.1 Å². The Morgan fingerprint density at radius 2 is 2.10 bits per heavy atom. The molecule has 4 rings (SSSR count). The first-order valence-corrected chi connectivity index (χ1v) is 11.5. The number of thiophene rings is 1. The fraction of sp³-hybridized carbons (Fsp3) is 0.381. The van der Waals surface area contributed by atoms with Gasteiger partial charge in [-0.1, -0.05) is 48.2 Å². The Hall–Kier alpha value is -2.16. The SMILES string of the molecule is CC(Sc1nnc(-c2cccs2)n1C)C(=O)NC1CCN(Cc2ccccc2)C1. The van der Waals surface area contributed by atoms with Crippen LogP contribution in [0.1, 0.15) is 18.9 Å². The van der Waals surface area contributed by atoms with Gasteiger partial charge in [-0.2, -0.15) is 0 Å². The molecule has 0 bridgehead atoms. The molecule has 1 aliphatic rings. The Bertz CT molecular complexity index is 941. The first-order chi connectivity index (χ1) is 14.1. The molecule has 0 spiro atoms. The van der Waals surface area contributed by atoms with Gasteiger partial charge >= 0.3 is 0 Å². The summed E-state index contributed by atoms with van der Waals surface area (Å²) in [4.78, 5) is 16.2. The molecule has 0 saturated carbocycles. The van der Waals surface area contributed by atoms with Crippen LogP contribution in [-0.4, -0.2) is 50.0 Å². The maximum Gasteiger partial charge on any atom is 0.233 e. The van der Waals surface area contributed by atoms with Gasteiger partial charge in [0.25, 0.3) is 0 Å². The van der Waals surface area contributed by atoms with Crippen LogP contribution < -0.4 is 5.32 Å². The number of thioether (sulfide) groups is 1. The van der Waals surface area contributed by atoms with Gasteiger partial charge in [0, 0.05) is 32.7 Å². The Kier molecular flexibility index (Phi) is 6.32. The second kappa shape index (κ2) is 9.11. The molecule has 1 saturated heterocycles. The summed E-state index contributed by atoms with van der Waals surface area (Å²) in [5.41, 5.74) is 1.31. The van der Waals surface area contributed by atoms with E-state index in [0.717, 1.165) is 41.9 Å². The van der Waals surface area contributed by atoms with E-state index >= 15 is 0 Å². The van der Waals surface area contributed by atoms with Crippen LogP contribution in [0.3, 0.4) is 0 Å². The fourth-order valence-electron chi connectivity index (χ4n) is 3.50. The molecular formula is C21H25N5OS2. The molecule has 2 aromatic heterocycles. The standard InChI is InChI=1S/C21H25N5OS2/c1-15(29-21-24-23-19(25(21)2)18-9-6-12-28-18)20(27)22-17-10-11-26(14-17)13-16-7-4-3-5-8-16/h3-9,12,15,17H,10-11,13-14H2,1-2H3,(H,22,27). The maximum absolute atomic E-state index is 12.7. The third-order valence-electron chi connectivity index (χ3n) is 5.10. The summed E-state index contributed by atoms with van der Waals surface area (Å²) >= 11 is 3.09. The van der Waals surface area contributed by atoms with Crippen molar-refractivity contribution < 1.29 is 4.79 Å². The van der Waals surface area contributed by atoms with Crippen LogP contribution in [0.15, 0.2) is 53.0 Å². The van der Waals surface area contributed by atoms with Crippen molar-refractivity contribution in [1.29, 1.82) is 0 Å². The van der Waals surface area contributed by atoms with Gasteiger partial charge in [-0.3, -0.25) is 9.69 Å². The Morgan fingerprint density at radius 1 is 1.28 bits per heavy atom. The van der Waals surface area contributed by atoms with Crippen molar-refractivity contribution in [3.8, 4) is 10.7 Å². The van der Waals surface area contributed by atoms with Crippen molar-refractivity contribution in [2.24, 2.45) is 7.05 Å². The monoisotopic (exact) mass is 427 g/mol. The summed E-state index contributed by atoms with van der Waals surface area (Å²) < 4.78 is 1.96. The van der Waals surface area contributed by atoms with Crippen LogP contribution >= 0.6 is 23.1 Å². The van der Waals surface area contributed by atoms with E-state index in [1.807, 2.05) is 42.1 Å². The minimum atomic E-state index is -0.225.